The van der Waals surface area contributed by atoms with Crippen LogP contribution in [0, 0.1) is 6.92 Å². The number of aryl methyl sites for hydroxylation is 1. The van der Waals surface area contributed by atoms with E-state index in [4.69, 9.17) is 10.5 Å². The van der Waals surface area contributed by atoms with E-state index in [-0.39, 0.29) is 5.75 Å². The van der Waals surface area contributed by atoms with E-state index < -0.39 is 6.61 Å². The molecule has 0 atom stereocenters. The van der Waals surface area contributed by atoms with Crippen LogP contribution in [0.15, 0.2) is 54.7 Å². The number of aromatic nitrogens is 2. The van der Waals surface area contributed by atoms with Gasteiger partial charge in [0.1, 0.15) is 17.2 Å². The smallest absolute Gasteiger partial charge is 0.387 e. The van der Waals surface area contributed by atoms with Gasteiger partial charge in [0.2, 0.25) is 0 Å². The van der Waals surface area contributed by atoms with Crippen molar-refractivity contribution in [3.63, 3.8) is 0 Å². The third kappa shape index (κ3) is 3.62. The number of ether oxygens (including phenoxy) is 2. The van der Waals surface area contributed by atoms with Crippen LogP contribution in [0.5, 0.6) is 17.2 Å². The number of alkyl halides is 2. The van der Waals surface area contributed by atoms with Gasteiger partial charge in [0, 0.05) is 24.0 Å². The topological polar surface area (TPSA) is 62.3 Å². The molecule has 0 saturated heterocycles. The maximum Gasteiger partial charge on any atom is 0.387 e. The van der Waals surface area contributed by atoms with E-state index in [1.54, 1.807) is 41.2 Å². The SMILES string of the molecule is Cc1ccn(-c2ccc(N)cc2Oc2cccc(OC(F)F)c2)n1. The Hall–Kier alpha value is -3.09. The molecule has 0 saturated carbocycles. The van der Waals surface area contributed by atoms with Gasteiger partial charge in [-0.25, -0.2) is 4.68 Å². The molecule has 2 aromatic carbocycles. The molecule has 7 heteroatoms. The van der Waals surface area contributed by atoms with Crippen LogP contribution in [0.2, 0.25) is 0 Å². The minimum atomic E-state index is -2.89. The molecule has 1 aromatic heterocycles. The number of benzene rings is 2. The van der Waals surface area contributed by atoms with Crippen LogP contribution in [-0.4, -0.2) is 16.4 Å². The van der Waals surface area contributed by atoms with E-state index in [9.17, 15) is 8.78 Å². The van der Waals surface area contributed by atoms with Crippen molar-refractivity contribution in [3.8, 4) is 22.9 Å². The molecule has 124 valence electrons. The van der Waals surface area contributed by atoms with E-state index in [1.165, 1.54) is 12.1 Å². The number of halogens is 2. The quantitative estimate of drug-likeness (QED) is 0.713. The molecule has 0 amide bonds. The largest absolute Gasteiger partial charge is 0.455 e. The summed E-state index contributed by atoms with van der Waals surface area (Å²) in [6.07, 6.45) is 1.80. The van der Waals surface area contributed by atoms with Gasteiger partial charge in [-0.05, 0) is 37.3 Å². The van der Waals surface area contributed by atoms with Crippen LogP contribution in [-0.2, 0) is 0 Å². The summed E-state index contributed by atoms with van der Waals surface area (Å²) < 4.78 is 36.5. The predicted octanol–water partition coefficient (Wildman–Crippen LogP) is 4.16. The van der Waals surface area contributed by atoms with Gasteiger partial charge in [0.05, 0.1) is 5.69 Å². The Balaban J connectivity index is 1.93. The predicted molar refractivity (Wildman–Crippen MR) is 85.9 cm³/mol. The Labute approximate surface area is 137 Å². The second-order valence-electron chi connectivity index (χ2n) is 5.08. The third-order valence-corrected chi connectivity index (χ3v) is 3.21. The van der Waals surface area contributed by atoms with Crippen molar-refractivity contribution < 1.29 is 18.3 Å². The summed E-state index contributed by atoms with van der Waals surface area (Å²) in [4.78, 5) is 0. The molecule has 0 aliphatic carbocycles. The summed E-state index contributed by atoms with van der Waals surface area (Å²) in [5.41, 5.74) is 7.87. The number of anilines is 1. The van der Waals surface area contributed by atoms with E-state index in [0.29, 0.717) is 22.9 Å². The van der Waals surface area contributed by atoms with Crippen LogP contribution in [0.1, 0.15) is 5.69 Å². The van der Waals surface area contributed by atoms with Crippen molar-refractivity contribution in [1.29, 1.82) is 0 Å². The molecule has 5 nitrogen and oxygen atoms in total. The van der Waals surface area contributed by atoms with Crippen LogP contribution in [0.25, 0.3) is 5.69 Å². The Morgan fingerprint density at radius 2 is 1.88 bits per heavy atom. The number of nitrogens with two attached hydrogens (primary N) is 1. The molecule has 0 spiro atoms. The second-order valence-corrected chi connectivity index (χ2v) is 5.08. The monoisotopic (exact) mass is 331 g/mol. The maximum atomic E-state index is 12.3. The molecule has 3 aromatic rings. The number of nitrogen functional groups attached to an aromatic ring is 1. The third-order valence-electron chi connectivity index (χ3n) is 3.21. The lowest BCUT2D eigenvalue weighted by atomic mass is 10.2. The Kier molecular flexibility index (Phi) is 4.33. The standard InChI is InChI=1S/C17H15F2N3O2/c1-11-7-8-22(21-11)15-6-5-12(20)9-16(15)23-13-3-2-4-14(10-13)24-17(18)19/h2-10,17H,20H2,1H3. The fourth-order valence-electron chi connectivity index (χ4n) is 2.19. The van der Waals surface area contributed by atoms with Crippen molar-refractivity contribution in [2.45, 2.75) is 13.5 Å². The molecule has 0 unspecified atom stereocenters. The average Bonchev–Trinajstić information content (AvgIpc) is 2.93. The molecule has 0 aliphatic heterocycles. The summed E-state index contributed by atoms with van der Waals surface area (Å²) in [7, 11) is 0. The Morgan fingerprint density at radius 1 is 1.08 bits per heavy atom. The maximum absolute atomic E-state index is 12.3. The average molecular weight is 331 g/mol. The van der Waals surface area contributed by atoms with Crippen LogP contribution in [0.3, 0.4) is 0 Å². The van der Waals surface area contributed by atoms with E-state index in [1.807, 2.05) is 13.0 Å². The lowest BCUT2D eigenvalue weighted by Gasteiger charge is -2.13. The summed E-state index contributed by atoms with van der Waals surface area (Å²) in [6.45, 7) is -1.02. The molecule has 24 heavy (non-hydrogen) atoms. The van der Waals surface area contributed by atoms with Gasteiger partial charge in [0.25, 0.3) is 0 Å². The van der Waals surface area contributed by atoms with E-state index in [0.717, 1.165) is 5.69 Å². The number of hydrogen-bond acceptors (Lipinski definition) is 4. The van der Waals surface area contributed by atoms with Crippen molar-refractivity contribution >= 4 is 5.69 Å². The van der Waals surface area contributed by atoms with Crippen LogP contribution < -0.4 is 15.2 Å². The zero-order valence-electron chi connectivity index (χ0n) is 12.8. The van der Waals surface area contributed by atoms with Crippen molar-refractivity contribution in [1.82, 2.24) is 9.78 Å². The van der Waals surface area contributed by atoms with Crippen LogP contribution >= 0.6 is 0 Å². The molecule has 0 radical (unpaired) electrons. The first kappa shape index (κ1) is 15.8. The summed E-state index contributed by atoms with van der Waals surface area (Å²) in [5, 5.41) is 4.34. The minimum absolute atomic E-state index is 0.0166. The van der Waals surface area contributed by atoms with Gasteiger partial charge >= 0.3 is 6.61 Å². The first-order chi connectivity index (χ1) is 11.5. The molecule has 2 N–H and O–H groups in total. The molecule has 0 aliphatic rings. The number of nitrogens with zero attached hydrogens (tertiary/aromatic N) is 2. The lowest BCUT2D eigenvalue weighted by Crippen LogP contribution is -2.02. The van der Waals surface area contributed by atoms with E-state index in [2.05, 4.69) is 9.84 Å². The zero-order valence-corrected chi connectivity index (χ0v) is 12.8. The molecular weight excluding hydrogens is 316 g/mol. The summed E-state index contributed by atoms with van der Waals surface area (Å²) >= 11 is 0. The Bertz CT molecular complexity index is 849. The van der Waals surface area contributed by atoms with Gasteiger partial charge < -0.3 is 15.2 Å². The first-order valence-corrected chi connectivity index (χ1v) is 7.16. The van der Waals surface area contributed by atoms with Gasteiger partial charge in [-0.2, -0.15) is 13.9 Å². The van der Waals surface area contributed by atoms with Crippen molar-refractivity contribution in [3.05, 3.63) is 60.4 Å². The Morgan fingerprint density at radius 3 is 2.58 bits per heavy atom. The van der Waals surface area contributed by atoms with Gasteiger partial charge in [-0.15, -0.1) is 0 Å². The van der Waals surface area contributed by atoms with E-state index >= 15 is 0 Å². The van der Waals surface area contributed by atoms with Gasteiger partial charge in [0.15, 0.2) is 5.75 Å². The molecule has 0 bridgehead atoms. The van der Waals surface area contributed by atoms with Gasteiger partial charge in [-0.3, -0.25) is 0 Å². The lowest BCUT2D eigenvalue weighted by molar-refractivity contribution is -0.0499. The van der Waals surface area contributed by atoms with Crippen molar-refractivity contribution in [2.75, 3.05) is 5.73 Å². The molecule has 1 heterocycles. The van der Waals surface area contributed by atoms with Gasteiger partial charge in [-0.1, -0.05) is 6.07 Å². The summed E-state index contributed by atoms with van der Waals surface area (Å²) in [6, 6.07) is 13.0. The minimum Gasteiger partial charge on any atom is -0.455 e. The highest BCUT2D eigenvalue weighted by molar-refractivity contribution is 5.57. The molecular formula is C17H15F2N3O2. The molecule has 3 rings (SSSR count). The van der Waals surface area contributed by atoms with Crippen LogP contribution in [0.4, 0.5) is 14.5 Å². The highest BCUT2D eigenvalue weighted by Crippen LogP contribution is 2.32. The highest BCUT2D eigenvalue weighted by atomic mass is 19.3. The number of hydrogen-bond donors (Lipinski definition) is 1. The number of rotatable bonds is 5. The normalized spacial score (nSPS) is 10.8. The fraction of sp³-hybridized carbons (Fsp3) is 0.118. The highest BCUT2D eigenvalue weighted by Gasteiger charge is 2.11. The second kappa shape index (κ2) is 6.57. The summed E-state index contributed by atoms with van der Waals surface area (Å²) in [5.74, 6) is 0.819. The zero-order chi connectivity index (χ0) is 17.1. The molecule has 0 fully saturated rings. The first-order valence-electron chi connectivity index (χ1n) is 7.16. The fourth-order valence-corrected chi connectivity index (χ4v) is 2.19. The van der Waals surface area contributed by atoms with Crippen molar-refractivity contribution in [2.24, 2.45) is 0 Å².